The monoisotopic (exact) mass is 274 g/mol. The lowest BCUT2D eigenvalue weighted by Gasteiger charge is -2.13. The lowest BCUT2D eigenvalue weighted by atomic mass is 10.1. The molecule has 2 amide bonds. The highest BCUT2D eigenvalue weighted by molar-refractivity contribution is 5.97. The number of alkyl halides is 3. The summed E-state index contributed by atoms with van der Waals surface area (Å²) in [7, 11) is 0. The van der Waals surface area contributed by atoms with E-state index >= 15 is 0 Å². The van der Waals surface area contributed by atoms with Crippen molar-refractivity contribution in [3.8, 4) is 0 Å². The number of amides is 2. The van der Waals surface area contributed by atoms with E-state index in [0.29, 0.717) is 5.56 Å². The van der Waals surface area contributed by atoms with Crippen LogP contribution in [0.15, 0.2) is 18.2 Å². The standard InChI is InChI=1S/C12H13F3N2O2/c1-6-3-8(5-9(4-6)12(13,14)15)11(19)17-7(2)10(16)18/h3-5,7H,1-2H3,(H2,16,18)(H,17,19)/t7-/m0/s1. The minimum Gasteiger partial charge on any atom is -0.368 e. The molecule has 0 spiro atoms. The van der Waals surface area contributed by atoms with Gasteiger partial charge in [0.05, 0.1) is 5.56 Å². The van der Waals surface area contributed by atoms with Gasteiger partial charge in [-0.25, -0.2) is 0 Å². The van der Waals surface area contributed by atoms with Crippen LogP contribution in [0.2, 0.25) is 0 Å². The molecule has 0 radical (unpaired) electrons. The van der Waals surface area contributed by atoms with E-state index in [1.807, 2.05) is 0 Å². The second-order valence-corrected chi connectivity index (χ2v) is 4.18. The number of hydrogen-bond donors (Lipinski definition) is 2. The molecule has 1 aromatic rings. The molecule has 104 valence electrons. The van der Waals surface area contributed by atoms with Crippen LogP contribution in [0.25, 0.3) is 0 Å². The fraction of sp³-hybridized carbons (Fsp3) is 0.333. The van der Waals surface area contributed by atoms with Gasteiger partial charge in [0, 0.05) is 5.56 Å². The number of carbonyl (C=O) groups is 2. The van der Waals surface area contributed by atoms with Gasteiger partial charge in [-0.15, -0.1) is 0 Å². The van der Waals surface area contributed by atoms with E-state index in [9.17, 15) is 22.8 Å². The molecule has 0 saturated carbocycles. The first-order valence-corrected chi connectivity index (χ1v) is 5.40. The second kappa shape index (κ2) is 5.29. The smallest absolute Gasteiger partial charge is 0.368 e. The zero-order valence-electron chi connectivity index (χ0n) is 10.3. The van der Waals surface area contributed by atoms with E-state index in [2.05, 4.69) is 5.32 Å². The second-order valence-electron chi connectivity index (χ2n) is 4.18. The van der Waals surface area contributed by atoms with Gasteiger partial charge in [-0.2, -0.15) is 13.2 Å². The van der Waals surface area contributed by atoms with E-state index in [-0.39, 0.29) is 5.56 Å². The van der Waals surface area contributed by atoms with Crippen molar-refractivity contribution in [1.82, 2.24) is 5.32 Å². The predicted octanol–water partition coefficient (Wildman–Crippen LogP) is 1.62. The van der Waals surface area contributed by atoms with E-state index in [1.54, 1.807) is 0 Å². The van der Waals surface area contributed by atoms with Gasteiger partial charge in [0.1, 0.15) is 6.04 Å². The number of benzene rings is 1. The molecule has 0 fully saturated rings. The summed E-state index contributed by atoms with van der Waals surface area (Å²) in [4.78, 5) is 22.5. The SMILES string of the molecule is Cc1cc(C(=O)N[C@@H](C)C(N)=O)cc(C(F)(F)F)c1. The summed E-state index contributed by atoms with van der Waals surface area (Å²) in [6.45, 7) is 2.80. The van der Waals surface area contributed by atoms with Crippen LogP contribution in [0, 0.1) is 6.92 Å². The van der Waals surface area contributed by atoms with Crippen molar-refractivity contribution in [3.63, 3.8) is 0 Å². The van der Waals surface area contributed by atoms with Crippen LogP contribution < -0.4 is 11.1 Å². The quantitative estimate of drug-likeness (QED) is 0.879. The van der Waals surface area contributed by atoms with Crippen molar-refractivity contribution in [3.05, 3.63) is 34.9 Å². The number of primary amides is 1. The van der Waals surface area contributed by atoms with E-state index in [0.717, 1.165) is 12.1 Å². The molecule has 0 aliphatic carbocycles. The molecule has 7 heteroatoms. The third-order valence-corrected chi connectivity index (χ3v) is 2.44. The molecule has 0 unspecified atom stereocenters. The zero-order valence-corrected chi connectivity index (χ0v) is 10.3. The number of nitrogens with one attached hydrogen (secondary N) is 1. The maximum absolute atomic E-state index is 12.6. The summed E-state index contributed by atoms with van der Waals surface area (Å²) in [5.74, 6) is -1.54. The van der Waals surface area contributed by atoms with Crippen molar-refractivity contribution in [2.75, 3.05) is 0 Å². The van der Waals surface area contributed by atoms with Crippen LogP contribution >= 0.6 is 0 Å². The van der Waals surface area contributed by atoms with Crippen LogP contribution in [0.4, 0.5) is 13.2 Å². The average Bonchev–Trinajstić information content (AvgIpc) is 2.26. The van der Waals surface area contributed by atoms with Gasteiger partial charge >= 0.3 is 6.18 Å². The molecule has 3 N–H and O–H groups in total. The molecule has 1 aromatic carbocycles. The minimum atomic E-state index is -4.53. The number of hydrogen-bond acceptors (Lipinski definition) is 2. The lowest BCUT2D eigenvalue weighted by Crippen LogP contribution is -2.42. The van der Waals surface area contributed by atoms with Gasteiger partial charge in [-0.3, -0.25) is 9.59 Å². The van der Waals surface area contributed by atoms with Gasteiger partial charge in [-0.1, -0.05) is 0 Å². The van der Waals surface area contributed by atoms with Crippen molar-refractivity contribution >= 4 is 11.8 Å². The Kier molecular flexibility index (Phi) is 4.18. The Balaban J connectivity index is 3.04. The van der Waals surface area contributed by atoms with Gasteiger partial charge < -0.3 is 11.1 Å². The highest BCUT2D eigenvalue weighted by Gasteiger charge is 2.31. The topological polar surface area (TPSA) is 72.2 Å². The van der Waals surface area contributed by atoms with Gasteiger partial charge in [-0.05, 0) is 37.6 Å². The summed E-state index contributed by atoms with van der Waals surface area (Å²) < 4.78 is 37.8. The molecule has 4 nitrogen and oxygen atoms in total. The molecule has 0 aromatic heterocycles. The molecule has 0 aliphatic rings. The molecule has 19 heavy (non-hydrogen) atoms. The highest BCUT2D eigenvalue weighted by atomic mass is 19.4. The number of carbonyl (C=O) groups excluding carboxylic acids is 2. The minimum absolute atomic E-state index is 0.166. The Morgan fingerprint density at radius 3 is 2.32 bits per heavy atom. The fourth-order valence-corrected chi connectivity index (χ4v) is 1.43. The van der Waals surface area contributed by atoms with E-state index in [1.165, 1.54) is 19.9 Å². The first-order valence-electron chi connectivity index (χ1n) is 5.40. The highest BCUT2D eigenvalue weighted by Crippen LogP contribution is 2.30. The molecule has 1 atom stereocenters. The summed E-state index contributed by atoms with van der Waals surface area (Å²) in [6, 6.07) is 2.02. The molecular weight excluding hydrogens is 261 g/mol. The Morgan fingerprint density at radius 2 is 1.84 bits per heavy atom. The summed E-state index contributed by atoms with van der Waals surface area (Å²) in [5.41, 5.74) is 4.18. The Bertz CT molecular complexity index is 512. The number of aryl methyl sites for hydroxylation is 1. The first-order chi connectivity index (χ1) is 8.61. The maximum Gasteiger partial charge on any atom is 0.416 e. The van der Waals surface area contributed by atoms with Crippen LogP contribution in [0.3, 0.4) is 0 Å². The van der Waals surface area contributed by atoms with Crippen molar-refractivity contribution in [1.29, 1.82) is 0 Å². The Morgan fingerprint density at radius 1 is 1.26 bits per heavy atom. The summed E-state index contributed by atoms with van der Waals surface area (Å²) in [6.07, 6.45) is -4.53. The van der Waals surface area contributed by atoms with Crippen molar-refractivity contribution < 1.29 is 22.8 Å². The lowest BCUT2D eigenvalue weighted by molar-refractivity contribution is -0.137. The number of nitrogens with two attached hydrogens (primary N) is 1. The van der Waals surface area contributed by atoms with Crippen LogP contribution in [-0.4, -0.2) is 17.9 Å². The first kappa shape index (κ1) is 15.0. The largest absolute Gasteiger partial charge is 0.416 e. The van der Waals surface area contributed by atoms with Crippen LogP contribution in [0.1, 0.15) is 28.4 Å². The molecular formula is C12H13F3N2O2. The zero-order chi connectivity index (χ0) is 14.8. The third kappa shape index (κ3) is 3.97. The number of rotatable bonds is 3. The molecule has 0 aliphatic heterocycles. The van der Waals surface area contributed by atoms with Gasteiger partial charge in [0.25, 0.3) is 5.91 Å². The summed E-state index contributed by atoms with van der Waals surface area (Å²) >= 11 is 0. The normalized spacial score (nSPS) is 12.9. The third-order valence-electron chi connectivity index (χ3n) is 2.44. The predicted molar refractivity (Wildman–Crippen MR) is 62.3 cm³/mol. The van der Waals surface area contributed by atoms with E-state index in [4.69, 9.17) is 5.73 Å². The Labute approximate surface area is 107 Å². The van der Waals surface area contributed by atoms with E-state index < -0.39 is 29.6 Å². The number of halogens is 3. The Hall–Kier alpha value is -2.05. The van der Waals surface area contributed by atoms with Crippen molar-refractivity contribution in [2.45, 2.75) is 26.1 Å². The molecule has 0 heterocycles. The van der Waals surface area contributed by atoms with Crippen LogP contribution in [0.5, 0.6) is 0 Å². The average molecular weight is 274 g/mol. The summed E-state index contributed by atoms with van der Waals surface area (Å²) in [5, 5.41) is 2.22. The molecule has 0 saturated heterocycles. The maximum atomic E-state index is 12.6. The van der Waals surface area contributed by atoms with Gasteiger partial charge in [0.2, 0.25) is 5.91 Å². The van der Waals surface area contributed by atoms with Gasteiger partial charge in [0.15, 0.2) is 0 Å². The fourth-order valence-electron chi connectivity index (χ4n) is 1.43. The molecule has 1 rings (SSSR count). The van der Waals surface area contributed by atoms with Crippen LogP contribution in [-0.2, 0) is 11.0 Å². The molecule has 0 bridgehead atoms. The van der Waals surface area contributed by atoms with Crippen molar-refractivity contribution in [2.24, 2.45) is 5.73 Å².